The fourth-order valence-corrected chi connectivity index (χ4v) is 6.96. The lowest BCUT2D eigenvalue weighted by molar-refractivity contribution is -0.568. The molecule has 35 heavy (non-hydrogen) atoms. The zero-order valence-corrected chi connectivity index (χ0v) is 22.2. The average Bonchev–Trinajstić information content (AvgIpc) is 3.22. The molecule has 4 heteroatoms. The van der Waals surface area contributed by atoms with E-state index in [2.05, 4.69) is 123 Å². The maximum absolute atomic E-state index is 4.39. The topological polar surface area (TPSA) is 19.9 Å². The summed E-state index contributed by atoms with van der Waals surface area (Å²) in [4.78, 5) is 6.08. The number of benzene rings is 4. The average molecular weight is 496 g/mol. The van der Waals surface area contributed by atoms with Crippen molar-refractivity contribution in [2.45, 2.75) is 30.6 Å². The molecular formula is C31H31N2S2+. The van der Waals surface area contributed by atoms with Gasteiger partial charge in [-0.2, -0.15) is 0 Å². The molecule has 0 aromatic heterocycles. The number of quaternary nitrogens is 1. The van der Waals surface area contributed by atoms with Gasteiger partial charge in [0, 0.05) is 27.1 Å². The molecule has 0 saturated heterocycles. The normalized spacial score (nSPS) is 14.8. The number of nitrogens with zero attached hydrogens (tertiary/aromatic N) is 1. The van der Waals surface area contributed by atoms with E-state index in [0.29, 0.717) is 0 Å². The van der Waals surface area contributed by atoms with E-state index in [1.165, 1.54) is 53.3 Å². The quantitative estimate of drug-likeness (QED) is 0.158. The molecule has 176 valence electrons. The van der Waals surface area contributed by atoms with Gasteiger partial charge in [0.15, 0.2) is 5.69 Å². The standard InChI is InChI=1S/C31H30N2S2/c1-5-32-30-25-13-9-7-11-23(25)15-17-27(30)34-22(4)19-21(3)20-29-33(6-2)31-26-14-10-8-12-24(26)16-18-28(31)35-29/h7-20,32H,4-6H2,1-3H3/p+1. The first-order valence-electron chi connectivity index (χ1n) is 12.2. The molecule has 0 atom stereocenters. The predicted octanol–water partition coefficient (Wildman–Crippen LogP) is 8.23. The summed E-state index contributed by atoms with van der Waals surface area (Å²) in [5.74, 6) is 0. The maximum Gasteiger partial charge on any atom is 0.151 e. The largest absolute Gasteiger partial charge is 0.335 e. The van der Waals surface area contributed by atoms with Gasteiger partial charge >= 0.3 is 0 Å². The number of rotatable bonds is 7. The Morgan fingerprint density at radius 2 is 1.63 bits per heavy atom. The lowest BCUT2D eigenvalue weighted by Gasteiger charge is -2.20. The van der Waals surface area contributed by atoms with E-state index in [0.717, 1.165) is 18.0 Å². The molecule has 5 rings (SSSR count). The van der Waals surface area contributed by atoms with E-state index < -0.39 is 0 Å². The maximum atomic E-state index is 4.39. The van der Waals surface area contributed by atoms with E-state index >= 15 is 0 Å². The van der Waals surface area contributed by atoms with Gasteiger partial charge < -0.3 is 10.2 Å². The van der Waals surface area contributed by atoms with Crippen molar-refractivity contribution < 1.29 is 5.32 Å². The second-order valence-corrected chi connectivity index (χ2v) is 11.0. The van der Waals surface area contributed by atoms with E-state index in [-0.39, 0.29) is 0 Å². The van der Waals surface area contributed by atoms with Gasteiger partial charge in [0.05, 0.1) is 22.2 Å². The van der Waals surface area contributed by atoms with Gasteiger partial charge in [0.2, 0.25) is 0 Å². The van der Waals surface area contributed by atoms with Crippen LogP contribution in [0.5, 0.6) is 0 Å². The van der Waals surface area contributed by atoms with Crippen molar-refractivity contribution in [3.63, 3.8) is 0 Å². The molecule has 0 radical (unpaired) electrons. The molecule has 0 bridgehead atoms. The number of anilines is 1. The minimum Gasteiger partial charge on any atom is -0.335 e. The van der Waals surface area contributed by atoms with Gasteiger partial charge in [0.1, 0.15) is 0 Å². The highest BCUT2D eigenvalue weighted by atomic mass is 32.2. The molecule has 1 aliphatic heterocycles. The van der Waals surface area contributed by atoms with Crippen LogP contribution in [0.4, 0.5) is 11.4 Å². The zero-order chi connectivity index (χ0) is 24.4. The summed E-state index contributed by atoms with van der Waals surface area (Å²) in [6.45, 7) is 12.9. The number of nitrogens with two attached hydrogens (primary N) is 1. The fraction of sp³-hybridized carbons (Fsp3) is 0.161. The van der Waals surface area contributed by atoms with Crippen molar-refractivity contribution in [2.24, 2.45) is 0 Å². The van der Waals surface area contributed by atoms with Crippen LogP contribution in [-0.4, -0.2) is 13.1 Å². The van der Waals surface area contributed by atoms with Crippen molar-refractivity contribution in [1.82, 2.24) is 0 Å². The van der Waals surface area contributed by atoms with Gasteiger partial charge in [-0.1, -0.05) is 84.7 Å². The van der Waals surface area contributed by atoms with Crippen molar-refractivity contribution in [2.75, 3.05) is 18.0 Å². The highest BCUT2D eigenvalue weighted by Crippen LogP contribution is 2.49. The first-order chi connectivity index (χ1) is 17.1. The van der Waals surface area contributed by atoms with Gasteiger partial charge in [-0.15, -0.1) is 0 Å². The molecule has 4 aromatic carbocycles. The zero-order valence-electron chi connectivity index (χ0n) is 20.5. The molecule has 0 unspecified atom stereocenters. The second-order valence-electron chi connectivity index (χ2n) is 8.73. The monoisotopic (exact) mass is 495 g/mol. The number of hydrogen-bond acceptors (Lipinski definition) is 3. The smallest absolute Gasteiger partial charge is 0.151 e. The van der Waals surface area contributed by atoms with Crippen LogP contribution in [0.3, 0.4) is 0 Å². The van der Waals surface area contributed by atoms with Crippen molar-refractivity contribution >= 4 is 56.4 Å². The lowest BCUT2D eigenvalue weighted by Crippen LogP contribution is -2.77. The fourth-order valence-electron chi connectivity index (χ4n) is 4.74. The Balaban J connectivity index is 1.41. The number of thioether (sulfide) groups is 2. The summed E-state index contributed by atoms with van der Waals surface area (Å²) in [6.07, 6.45) is 4.51. The molecule has 0 amide bonds. The first-order valence-corrected chi connectivity index (χ1v) is 13.8. The number of allylic oxidation sites excluding steroid dienone is 3. The van der Waals surface area contributed by atoms with Crippen LogP contribution < -0.4 is 10.2 Å². The summed E-state index contributed by atoms with van der Waals surface area (Å²) >= 11 is 3.61. The molecule has 0 saturated carbocycles. The van der Waals surface area contributed by atoms with E-state index in [4.69, 9.17) is 0 Å². The Hall–Kier alpha value is -2.92. The molecule has 1 aliphatic rings. The molecule has 2 N–H and O–H groups in total. The molecule has 4 aromatic rings. The third-order valence-electron chi connectivity index (χ3n) is 6.25. The Morgan fingerprint density at radius 3 is 2.37 bits per heavy atom. The van der Waals surface area contributed by atoms with Crippen LogP contribution in [-0.2, 0) is 0 Å². The molecule has 2 nitrogen and oxygen atoms in total. The van der Waals surface area contributed by atoms with Crippen molar-refractivity contribution in [1.29, 1.82) is 0 Å². The van der Waals surface area contributed by atoms with Crippen LogP contribution in [0.2, 0.25) is 0 Å². The van der Waals surface area contributed by atoms with Gasteiger partial charge in [-0.25, -0.2) is 0 Å². The molecule has 0 spiro atoms. The molecule has 0 fully saturated rings. The Bertz CT molecular complexity index is 1480. The van der Waals surface area contributed by atoms with Crippen LogP contribution >= 0.6 is 23.5 Å². The van der Waals surface area contributed by atoms with Gasteiger partial charge in [-0.3, -0.25) is 0 Å². The minimum absolute atomic E-state index is 0.941. The van der Waals surface area contributed by atoms with Crippen molar-refractivity contribution in [3.05, 3.63) is 107 Å². The Kier molecular flexibility index (Phi) is 7.05. The van der Waals surface area contributed by atoms with Crippen LogP contribution in [0.1, 0.15) is 20.8 Å². The summed E-state index contributed by atoms with van der Waals surface area (Å²) in [6, 6.07) is 26.2. The van der Waals surface area contributed by atoms with Crippen molar-refractivity contribution in [3.8, 4) is 0 Å². The summed E-state index contributed by atoms with van der Waals surface area (Å²) < 4.78 is 0. The Labute approximate surface area is 216 Å². The Morgan fingerprint density at radius 1 is 0.943 bits per heavy atom. The van der Waals surface area contributed by atoms with Gasteiger partial charge in [0.25, 0.3) is 0 Å². The summed E-state index contributed by atoms with van der Waals surface area (Å²) in [5, 5.41) is 8.80. The third kappa shape index (κ3) is 4.79. The van der Waals surface area contributed by atoms with Gasteiger partial charge in [-0.05, 0) is 67.5 Å². The molecule has 0 aliphatic carbocycles. The van der Waals surface area contributed by atoms with E-state index in [9.17, 15) is 0 Å². The van der Waals surface area contributed by atoms with Crippen LogP contribution in [0.25, 0.3) is 21.5 Å². The highest BCUT2D eigenvalue weighted by molar-refractivity contribution is 8.04. The molecular weight excluding hydrogens is 464 g/mol. The highest BCUT2D eigenvalue weighted by Gasteiger charge is 2.25. The summed E-state index contributed by atoms with van der Waals surface area (Å²) in [5.41, 5.74) is 3.85. The molecule has 1 heterocycles. The lowest BCUT2D eigenvalue weighted by atomic mass is 10.1. The third-order valence-corrected chi connectivity index (χ3v) is 8.30. The second kappa shape index (κ2) is 10.4. The predicted molar refractivity (Wildman–Crippen MR) is 156 cm³/mol. The van der Waals surface area contributed by atoms with E-state index in [1.807, 2.05) is 11.8 Å². The number of hydrogen-bond donors (Lipinski definition) is 1. The van der Waals surface area contributed by atoms with E-state index in [1.54, 1.807) is 11.8 Å². The summed E-state index contributed by atoms with van der Waals surface area (Å²) in [7, 11) is 0. The number of fused-ring (bicyclic) bond motifs is 4. The SMILES string of the molecule is C=C(C=C(C)C=C1Sc2ccc3ccccc3c2N1CC)Sc1ccc2ccccc2c1[NH2+]CC. The first kappa shape index (κ1) is 23.8. The van der Waals surface area contributed by atoms with Crippen LogP contribution in [0.15, 0.2) is 117 Å². The van der Waals surface area contributed by atoms with Crippen LogP contribution in [0, 0.1) is 0 Å². The minimum atomic E-state index is 0.941.